The maximum absolute atomic E-state index is 11.7. The van der Waals surface area contributed by atoms with Gasteiger partial charge in [0.05, 0.1) is 6.61 Å². The lowest BCUT2D eigenvalue weighted by molar-refractivity contribution is -0.142. The molecule has 0 saturated heterocycles. The summed E-state index contributed by atoms with van der Waals surface area (Å²) in [6, 6.07) is 3.56. The fourth-order valence-corrected chi connectivity index (χ4v) is 2.31. The van der Waals surface area contributed by atoms with E-state index >= 15 is 0 Å². The molecule has 0 fully saturated rings. The third kappa shape index (κ3) is 3.57. The fraction of sp³-hybridized carbons (Fsp3) is 0.385. The van der Waals surface area contributed by atoms with Crippen LogP contribution in [0, 0.1) is 0 Å². The largest absolute Gasteiger partial charge is 0.465 e. The maximum atomic E-state index is 11.7. The second kappa shape index (κ2) is 7.04. The molecule has 0 saturated carbocycles. The first-order valence-electron chi connectivity index (χ1n) is 6.31. The van der Waals surface area contributed by atoms with Crippen LogP contribution in [-0.4, -0.2) is 33.0 Å². The number of rotatable bonds is 6. The van der Waals surface area contributed by atoms with Crippen LogP contribution >= 0.6 is 11.8 Å². The summed E-state index contributed by atoms with van der Waals surface area (Å²) in [7, 11) is 0. The van der Waals surface area contributed by atoms with Crippen molar-refractivity contribution in [3.05, 3.63) is 24.5 Å². The lowest BCUT2D eigenvalue weighted by Gasteiger charge is -2.09. The monoisotopic (exact) mass is 293 g/mol. The standard InChI is InChI=1S/C13H15N3O3S/c1-3-10(12(17)18-4-2)20-13-16-15-11(19-13)9-5-7-14-8-6-9/h5-8,10H,3-4H2,1-2H3/t10-/m1/s1. The molecule has 0 N–H and O–H groups in total. The van der Waals surface area contributed by atoms with E-state index in [2.05, 4.69) is 15.2 Å². The van der Waals surface area contributed by atoms with Gasteiger partial charge in [-0.25, -0.2) is 0 Å². The molecule has 0 unspecified atom stereocenters. The van der Waals surface area contributed by atoms with Gasteiger partial charge in [-0.05, 0) is 25.5 Å². The Morgan fingerprint density at radius 1 is 1.35 bits per heavy atom. The van der Waals surface area contributed by atoms with Crippen molar-refractivity contribution in [1.29, 1.82) is 0 Å². The molecule has 2 aromatic heterocycles. The molecule has 0 aliphatic rings. The van der Waals surface area contributed by atoms with Gasteiger partial charge in [0.25, 0.3) is 5.22 Å². The van der Waals surface area contributed by atoms with Gasteiger partial charge in [-0.15, -0.1) is 10.2 Å². The maximum Gasteiger partial charge on any atom is 0.319 e. The smallest absolute Gasteiger partial charge is 0.319 e. The number of carbonyl (C=O) groups excluding carboxylic acids is 1. The first-order valence-corrected chi connectivity index (χ1v) is 7.19. The van der Waals surface area contributed by atoms with Gasteiger partial charge in [0, 0.05) is 18.0 Å². The van der Waals surface area contributed by atoms with Gasteiger partial charge in [-0.3, -0.25) is 9.78 Å². The number of hydrogen-bond acceptors (Lipinski definition) is 7. The summed E-state index contributed by atoms with van der Waals surface area (Å²) >= 11 is 1.22. The minimum Gasteiger partial charge on any atom is -0.465 e. The van der Waals surface area contributed by atoms with Gasteiger partial charge in [-0.1, -0.05) is 18.7 Å². The normalized spacial score (nSPS) is 12.1. The van der Waals surface area contributed by atoms with E-state index in [0.717, 1.165) is 5.56 Å². The minimum atomic E-state index is -0.333. The van der Waals surface area contributed by atoms with Gasteiger partial charge in [-0.2, -0.15) is 0 Å². The van der Waals surface area contributed by atoms with E-state index in [4.69, 9.17) is 9.15 Å². The average Bonchev–Trinajstić information content (AvgIpc) is 2.94. The van der Waals surface area contributed by atoms with Crippen molar-refractivity contribution < 1.29 is 13.9 Å². The number of ether oxygens (including phenoxy) is 1. The number of thioether (sulfide) groups is 1. The predicted molar refractivity (Wildman–Crippen MR) is 74.1 cm³/mol. The molecule has 0 spiro atoms. The third-order valence-corrected chi connectivity index (χ3v) is 3.67. The Morgan fingerprint density at radius 2 is 2.10 bits per heavy atom. The topological polar surface area (TPSA) is 78.1 Å². The van der Waals surface area contributed by atoms with Crippen LogP contribution in [0.3, 0.4) is 0 Å². The van der Waals surface area contributed by atoms with Crippen molar-refractivity contribution in [1.82, 2.24) is 15.2 Å². The minimum absolute atomic E-state index is 0.260. The van der Waals surface area contributed by atoms with Crippen molar-refractivity contribution in [3.63, 3.8) is 0 Å². The van der Waals surface area contributed by atoms with Crippen LogP contribution in [0.4, 0.5) is 0 Å². The van der Waals surface area contributed by atoms with Gasteiger partial charge < -0.3 is 9.15 Å². The number of hydrogen-bond donors (Lipinski definition) is 0. The van der Waals surface area contributed by atoms with Gasteiger partial charge >= 0.3 is 5.97 Å². The second-order valence-corrected chi connectivity index (χ2v) is 5.03. The van der Waals surface area contributed by atoms with E-state index < -0.39 is 0 Å². The van der Waals surface area contributed by atoms with E-state index in [9.17, 15) is 4.79 Å². The van der Waals surface area contributed by atoms with E-state index in [0.29, 0.717) is 24.1 Å². The van der Waals surface area contributed by atoms with Crippen LogP contribution in [0.1, 0.15) is 20.3 Å². The van der Waals surface area contributed by atoms with Crippen molar-refractivity contribution in [2.75, 3.05) is 6.61 Å². The summed E-state index contributed by atoms with van der Waals surface area (Å²) in [4.78, 5) is 15.6. The molecule has 0 amide bonds. The Labute approximate surface area is 120 Å². The SMILES string of the molecule is CCOC(=O)[C@@H](CC)Sc1nnc(-c2ccncc2)o1. The highest BCUT2D eigenvalue weighted by Crippen LogP contribution is 2.27. The number of aromatic nitrogens is 3. The quantitative estimate of drug-likeness (QED) is 0.598. The van der Waals surface area contributed by atoms with Gasteiger partial charge in [0.2, 0.25) is 5.89 Å². The zero-order valence-electron chi connectivity index (χ0n) is 11.3. The summed E-state index contributed by atoms with van der Waals surface area (Å²) in [6.07, 6.45) is 3.94. The van der Waals surface area contributed by atoms with Crippen LogP contribution in [0.15, 0.2) is 34.2 Å². The summed E-state index contributed by atoms with van der Waals surface area (Å²) in [5.41, 5.74) is 0.795. The summed E-state index contributed by atoms with van der Waals surface area (Å²) in [5, 5.41) is 7.93. The molecule has 1 atom stereocenters. The molecular weight excluding hydrogens is 278 g/mol. The van der Waals surface area contributed by atoms with Gasteiger partial charge in [0.15, 0.2) is 0 Å². The highest BCUT2D eigenvalue weighted by molar-refractivity contribution is 8.00. The Bertz CT molecular complexity index is 559. The number of carbonyl (C=O) groups is 1. The highest BCUT2D eigenvalue weighted by atomic mass is 32.2. The van der Waals surface area contributed by atoms with E-state index in [1.54, 1.807) is 31.5 Å². The summed E-state index contributed by atoms with van der Waals surface area (Å²) < 4.78 is 10.5. The molecule has 0 aliphatic carbocycles. The molecule has 6 nitrogen and oxygen atoms in total. The molecule has 20 heavy (non-hydrogen) atoms. The van der Waals surface area contributed by atoms with Crippen LogP contribution in [0.2, 0.25) is 0 Å². The Kier molecular flexibility index (Phi) is 5.11. The molecule has 0 radical (unpaired) electrons. The molecule has 0 aromatic carbocycles. The molecule has 0 aliphatic heterocycles. The highest BCUT2D eigenvalue weighted by Gasteiger charge is 2.22. The Balaban J connectivity index is 2.07. The first kappa shape index (κ1) is 14.5. The molecular formula is C13H15N3O3S. The summed E-state index contributed by atoms with van der Waals surface area (Å²) in [6.45, 7) is 4.06. The van der Waals surface area contributed by atoms with Crippen LogP contribution in [-0.2, 0) is 9.53 Å². The molecule has 7 heteroatoms. The zero-order valence-corrected chi connectivity index (χ0v) is 12.1. The van der Waals surface area contributed by atoms with E-state index in [1.807, 2.05) is 6.92 Å². The number of pyridine rings is 1. The van der Waals surface area contributed by atoms with Crippen LogP contribution in [0.5, 0.6) is 0 Å². The van der Waals surface area contributed by atoms with Crippen molar-refractivity contribution >= 4 is 17.7 Å². The molecule has 2 rings (SSSR count). The molecule has 2 heterocycles. The van der Waals surface area contributed by atoms with E-state index in [-0.39, 0.29) is 11.2 Å². The lowest BCUT2D eigenvalue weighted by Crippen LogP contribution is -2.19. The van der Waals surface area contributed by atoms with Crippen molar-refractivity contribution in [3.8, 4) is 11.5 Å². The molecule has 2 aromatic rings. The summed E-state index contributed by atoms with van der Waals surface area (Å²) in [5.74, 6) is 0.150. The predicted octanol–water partition coefficient (Wildman–Crippen LogP) is 2.57. The van der Waals surface area contributed by atoms with Gasteiger partial charge in [0.1, 0.15) is 5.25 Å². The lowest BCUT2D eigenvalue weighted by atomic mass is 10.3. The van der Waals surface area contributed by atoms with Crippen molar-refractivity contribution in [2.24, 2.45) is 0 Å². The zero-order chi connectivity index (χ0) is 14.4. The average molecular weight is 293 g/mol. The number of nitrogens with zero attached hydrogens (tertiary/aromatic N) is 3. The Hall–Kier alpha value is -1.89. The number of esters is 1. The van der Waals surface area contributed by atoms with Crippen LogP contribution < -0.4 is 0 Å². The Morgan fingerprint density at radius 3 is 2.75 bits per heavy atom. The van der Waals surface area contributed by atoms with Crippen molar-refractivity contribution in [2.45, 2.75) is 30.7 Å². The molecule has 106 valence electrons. The van der Waals surface area contributed by atoms with E-state index in [1.165, 1.54) is 11.8 Å². The fourth-order valence-electron chi connectivity index (χ4n) is 1.52. The van der Waals surface area contributed by atoms with Crippen LogP contribution in [0.25, 0.3) is 11.5 Å². The first-order chi connectivity index (χ1) is 9.74. The third-order valence-electron chi connectivity index (χ3n) is 2.50. The molecule has 0 bridgehead atoms. The second-order valence-electron chi connectivity index (χ2n) is 3.88.